The van der Waals surface area contributed by atoms with Gasteiger partial charge in [-0.2, -0.15) is 0 Å². The number of allylic oxidation sites excluding steroid dienone is 1. The number of likely N-dealkylation sites (tertiary alicyclic amines) is 1. The monoisotopic (exact) mass is 243 g/mol. The van der Waals surface area contributed by atoms with Crippen LogP contribution in [0.15, 0.2) is 24.8 Å². The zero-order valence-electron chi connectivity index (χ0n) is 11.5. The number of hydrogen-bond acceptors (Lipinski definition) is 1. The molecule has 0 saturated carbocycles. The minimum Gasteiger partial charge on any atom is -0.336 e. The highest BCUT2D eigenvalue weighted by Crippen LogP contribution is 2.26. The fourth-order valence-corrected chi connectivity index (χ4v) is 2.69. The van der Waals surface area contributed by atoms with Crippen molar-refractivity contribution >= 4 is 11.5 Å². The molecule has 0 N–H and O–H groups in total. The van der Waals surface area contributed by atoms with Crippen LogP contribution < -0.4 is 0 Å². The molecule has 18 heavy (non-hydrogen) atoms. The number of carbonyl (C=O) groups is 1. The Bertz CT molecular complexity index is 490. The smallest absolute Gasteiger partial charge is 0.254 e. The minimum atomic E-state index is 0.163. The van der Waals surface area contributed by atoms with Crippen molar-refractivity contribution in [3.63, 3.8) is 0 Å². The molecule has 1 aromatic carbocycles. The molecule has 1 heterocycles. The number of benzene rings is 1. The van der Waals surface area contributed by atoms with Gasteiger partial charge in [0.25, 0.3) is 5.91 Å². The summed E-state index contributed by atoms with van der Waals surface area (Å²) in [5.41, 5.74) is 3.81. The van der Waals surface area contributed by atoms with Crippen LogP contribution in [0.2, 0.25) is 0 Å². The van der Waals surface area contributed by atoms with Crippen LogP contribution in [0.5, 0.6) is 0 Å². The van der Waals surface area contributed by atoms with E-state index in [1.165, 1.54) is 0 Å². The SMILES string of the molecule is C=C(C)c1cccc(C)c1C(=O)N1CCCC1C. The first kappa shape index (κ1) is 12.9. The fraction of sp³-hybridized carbons (Fsp3) is 0.438. The standard InChI is InChI=1S/C16H21NO/c1-11(2)14-9-5-7-12(3)15(14)16(18)17-10-6-8-13(17)4/h5,7,9,13H,1,6,8,10H2,2-4H3. The van der Waals surface area contributed by atoms with Gasteiger partial charge in [-0.1, -0.05) is 30.4 Å². The molecule has 1 aromatic rings. The third kappa shape index (κ3) is 2.20. The van der Waals surface area contributed by atoms with E-state index in [2.05, 4.69) is 13.5 Å². The first-order valence-electron chi connectivity index (χ1n) is 6.59. The third-order valence-electron chi connectivity index (χ3n) is 3.76. The molecule has 1 aliphatic heterocycles. The highest BCUT2D eigenvalue weighted by molar-refractivity contribution is 6.00. The number of rotatable bonds is 2. The van der Waals surface area contributed by atoms with Crippen molar-refractivity contribution in [1.29, 1.82) is 0 Å². The Kier molecular flexibility index (Phi) is 3.55. The van der Waals surface area contributed by atoms with Gasteiger partial charge in [0, 0.05) is 18.2 Å². The summed E-state index contributed by atoms with van der Waals surface area (Å²) in [6.07, 6.45) is 2.22. The van der Waals surface area contributed by atoms with E-state index >= 15 is 0 Å². The quantitative estimate of drug-likeness (QED) is 0.776. The lowest BCUT2D eigenvalue weighted by Gasteiger charge is -2.24. The number of carbonyl (C=O) groups excluding carboxylic acids is 1. The molecule has 2 heteroatoms. The highest BCUT2D eigenvalue weighted by atomic mass is 16.2. The first-order valence-corrected chi connectivity index (χ1v) is 6.59. The summed E-state index contributed by atoms with van der Waals surface area (Å²) in [5, 5.41) is 0. The minimum absolute atomic E-state index is 0.163. The molecule has 1 atom stereocenters. The summed E-state index contributed by atoms with van der Waals surface area (Å²) < 4.78 is 0. The molecule has 2 nitrogen and oxygen atoms in total. The van der Waals surface area contributed by atoms with Crippen molar-refractivity contribution in [1.82, 2.24) is 4.90 Å². The van der Waals surface area contributed by atoms with E-state index < -0.39 is 0 Å². The van der Waals surface area contributed by atoms with Crippen LogP contribution in [-0.2, 0) is 0 Å². The largest absolute Gasteiger partial charge is 0.336 e. The van der Waals surface area contributed by atoms with E-state index in [0.717, 1.165) is 41.6 Å². The second kappa shape index (κ2) is 4.97. The fourth-order valence-electron chi connectivity index (χ4n) is 2.69. The Hall–Kier alpha value is -1.57. The molecule has 1 amide bonds. The number of hydrogen-bond donors (Lipinski definition) is 0. The number of aryl methyl sites for hydroxylation is 1. The maximum absolute atomic E-state index is 12.7. The topological polar surface area (TPSA) is 20.3 Å². The second-order valence-electron chi connectivity index (χ2n) is 5.27. The summed E-state index contributed by atoms with van der Waals surface area (Å²) >= 11 is 0. The Morgan fingerprint density at radius 2 is 2.17 bits per heavy atom. The van der Waals surface area contributed by atoms with Gasteiger partial charge in [-0.25, -0.2) is 0 Å². The van der Waals surface area contributed by atoms with Gasteiger partial charge in [0.05, 0.1) is 0 Å². The predicted molar refractivity (Wildman–Crippen MR) is 75.6 cm³/mol. The van der Waals surface area contributed by atoms with E-state index in [4.69, 9.17) is 0 Å². The Balaban J connectivity index is 2.44. The van der Waals surface area contributed by atoms with Crippen LogP contribution in [0.25, 0.3) is 5.57 Å². The van der Waals surface area contributed by atoms with Crippen LogP contribution in [0, 0.1) is 6.92 Å². The molecule has 1 unspecified atom stereocenters. The van der Waals surface area contributed by atoms with E-state index in [1.807, 2.05) is 36.9 Å². The van der Waals surface area contributed by atoms with Crippen molar-refractivity contribution in [2.75, 3.05) is 6.54 Å². The molecule has 0 bridgehead atoms. The van der Waals surface area contributed by atoms with E-state index in [1.54, 1.807) is 0 Å². The predicted octanol–water partition coefficient (Wildman–Crippen LogP) is 3.65. The highest BCUT2D eigenvalue weighted by Gasteiger charge is 2.28. The zero-order chi connectivity index (χ0) is 13.3. The van der Waals surface area contributed by atoms with Gasteiger partial charge in [-0.3, -0.25) is 4.79 Å². The van der Waals surface area contributed by atoms with Gasteiger partial charge in [0.1, 0.15) is 0 Å². The molecule has 1 aliphatic rings. The Morgan fingerprint density at radius 1 is 1.44 bits per heavy atom. The Morgan fingerprint density at radius 3 is 2.72 bits per heavy atom. The average Bonchev–Trinajstić information content (AvgIpc) is 2.74. The summed E-state index contributed by atoms with van der Waals surface area (Å²) in [5.74, 6) is 0.163. The molecule has 0 aromatic heterocycles. The second-order valence-corrected chi connectivity index (χ2v) is 5.27. The molecule has 0 aliphatic carbocycles. The van der Waals surface area contributed by atoms with Crippen LogP contribution in [0.4, 0.5) is 0 Å². The van der Waals surface area contributed by atoms with E-state index in [0.29, 0.717) is 6.04 Å². The van der Waals surface area contributed by atoms with Gasteiger partial charge in [-0.15, -0.1) is 0 Å². The molecule has 1 saturated heterocycles. The lowest BCUT2D eigenvalue weighted by atomic mass is 9.96. The summed E-state index contributed by atoms with van der Waals surface area (Å²) in [4.78, 5) is 14.7. The van der Waals surface area contributed by atoms with Crippen molar-refractivity contribution in [3.05, 3.63) is 41.5 Å². The van der Waals surface area contributed by atoms with Crippen molar-refractivity contribution < 1.29 is 4.79 Å². The lowest BCUT2D eigenvalue weighted by molar-refractivity contribution is 0.0746. The molecule has 0 spiro atoms. The van der Waals surface area contributed by atoms with Crippen LogP contribution in [-0.4, -0.2) is 23.4 Å². The molecular weight excluding hydrogens is 222 g/mol. The molecule has 1 fully saturated rings. The molecule has 0 radical (unpaired) electrons. The molecular formula is C16H21NO. The molecule has 96 valence electrons. The van der Waals surface area contributed by atoms with Gasteiger partial charge >= 0.3 is 0 Å². The Labute approximate surface area is 109 Å². The van der Waals surface area contributed by atoms with Crippen molar-refractivity contribution in [2.24, 2.45) is 0 Å². The van der Waals surface area contributed by atoms with Crippen molar-refractivity contribution in [3.8, 4) is 0 Å². The maximum Gasteiger partial charge on any atom is 0.254 e. The number of nitrogens with zero attached hydrogens (tertiary/aromatic N) is 1. The molecule has 2 rings (SSSR count). The van der Waals surface area contributed by atoms with Gasteiger partial charge in [0.2, 0.25) is 0 Å². The van der Waals surface area contributed by atoms with Crippen LogP contribution in [0.3, 0.4) is 0 Å². The normalized spacial score (nSPS) is 19.1. The lowest BCUT2D eigenvalue weighted by Crippen LogP contribution is -2.34. The maximum atomic E-state index is 12.7. The average molecular weight is 243 g/mol. The summed E-state index contributed by atoms with van der Waals surface area (Å²) in [6, 6.07) is 6.34. The number of amides is 1. The van der Waals surface area contributed by atoms with Crippen LogP contribution >= 0.6 is 0 Å². The first-order chi connectivity index (χ1) is 8.52. The van der Waals surface area contributed by atoms with Gasteiger partial charge < -0.3 is 4.90 Å². The summed E-state index contributed by atoms with van der Waals surface area (Å²) in [7, 11) is 0. The van der Waals surface area contributed by atoms with Gasteiger partial charge in [0.15, 0.2) is 0 Å². The third-order valence-corrected chi connectivity index (χ3v) is 3.76. The van der Waals surface area contributed by atoms with E-state index in [9.17, 15) is 4.79 Å². The van der Waals surface area contributed by atoms with Crippen molar-refractivity contribution in [2.45, 2.75) is 39.7 Å². The van der Waals surface area contributed by atoms with Gasteiger partial charge in [-0.05, 0) is 44.7 Å². The zero-order valence-corrected chi connectivity index (χ0v) is 11.5. The van der Waals surface area contributed by atoms with Crippen LogP contribution in [0.1, 0.15) is 48.2 Å². The van der Waals surface area contributed by atoms with E-state index in [-0.39, 0.29) is 5.91 Å². The summed E-state index contributed by atoms with van der Waals surface area (Å²) in [6.45, 7) is 10.9.